The molecule has 0 aliphatic rings. The third-order valence-electron chi connectivity index (χ3n) is 3.38. The van der Waals surface area contributed by atoms with Gasteiger partial charge in [0.2, 0.25) is 0 Å². The van der Waals surface area contributed by atoms with Gasteiger partial charge in [-0.2, -0.15) is 0 Å². The predicted octanol–water partition coefficient (Wildman–Crippen LogP) is 3.29. The molecule has 0 saturated heterocycles. The second-order valence-electron chi connectivity index (χ2n) is 5.58. The van der Waals surface area contributed by atoms with Crippen LogP contribution in [-0.4, -0.2) is 36.7 Å². The fourth-order valence-corrected chi connectivity index (χ4v) is 2.18. The van der Waals surface area contributed by atoms with Gasteiger partial charge in [-0.3, -0.25) is 0 Å². The molecule has 3 heteroatoms. The van der Waals surface area contributed by atoms with E-state index in [0.717, 1.165) is 31.9 Å². The highest BCUT2D eigenvalue weighted by molar-refractivity contribution is 5.27. The summed E-state index contributed by atoms with van der Waals surface area (Å²) in [5, 5.41) is 3.58. The summed E-state index contributed by atoms with van der Waals surface area (Å²) < 4.78 is 5.65. The van der Waals surface area contributed by atoms with Gasteiger partial charge in [-0.25, -0.2) is 0 Å². The largest absolute Gasteiger partial charge is 0.491 e. The molecule has 1 aromatic carbocycles. The van der Waals surface area contributed by atoms with Crippen LogP contribution in [0.25, 0.3) is 0 Å². The zero-order valence-corrected chi connectivity index (χ0v) is 13.6. The molecule has 1 N–H and O–H groups in total. The van der Waals surface area contributed by atoms with Gasteiger partial charge in [-0.1, -0.05) is 26.0 Å². The van der Waals surface area contributed by atoms with Crippen molar-refractivity contribution in [1.29, 1.82) is 0 Å². The number of hydrogen-bond donors (Lipinski definition) is 1. The SMILES string of the molecule is CCN(CC)CC(C)NCc1ccc(OC(C)C)cc1. The highest BCUT2D eigenvalue weighted by atomic mass is 16.5. The quantitative estimate of drug-likeness (QED) is 0.750. The summed E-state index contributed by atoms with van der Waals surface area (Å²) in [5.41, 5.74) is 1.30. The molecule has 0 heterocycles. The standard InChI is InChI=1S/C17H30N2O/c1-6-19(7-2)13-15(5)18-12-16-8-10-17(11-9-16)20-14(3)4/h8-11,14-15,18H,6-7,12-13H2,1-5H3. The summed E-state index contributed by atoms with van der Waals surface area (Å²) in [7, 11) is 0. The van der Waals surface area contributed by atoms with Gasteiger partial charge in [-0.05, 0) is 51.6 Å². The summed E-state index contributed by atoms with van der Waals surface area (Å²) in [5.74, 6) is 0.944. The Kier molecular flexibility index (Phi) is 7.63. The minimum absolute atomic E-state index is 0.230. The van der Waals surface area contributed by atoms with Crippen LogP contribution in [0.1, 0.15) is 40.2 Å². The van der Waals surface area contributed by atoms with Gasteiger partial charge >= 0.3 is 0 Å². The van der Waals surface area contributed by atoms with Crippen LogP contribution in [0, 0.1) is 0 Å². The third kappa shape index (κ3) is 6.40. The van der Waals surface area contributed by atoms with Crippen LogP contribution in [-0.2, 0) is 6.54 Å². The van der Waals surface area contributed by atoms with Crippen molar-refractivity contribution in [1.82, 2.24) is 10.2 Å². The molecule has 1 aromatic rings. The lowest BCUT2D eigenvalue weighted by Gasteiger charge is -2.23. The average Bonchev–Trinajstić information content (AvgIpc) is 2.43. The molecule has 0 saturated carbocycles. The number of likely N-dealkylation sites (N-methyl/N-ethyl adjacent to an activating group) is 1. The second-order valence-corrected chi connectivity index (χ2v) is 5.58. The summed E-state index contributed by atoms with van der Waals surface area (Å²) in [6, 6.07) is 8.86. The number of benzene rings is 1. The molecule has 20 heavy (non-hydrogen) atoms. The van der Waals surface area contributed by atoms with E-state index in [1.54, 1.807) is 0 Å². The van der Waals surface area contributed by atoms with Crippen molar-refractivity contribution in [3.05, 3.63) is 29.8 Å². The summed E-state index contributed by atoms with van der Waals surface area (Å²) in [6.07, 6.45) is 0.230. The maximum Gasteiger partial charge on any atom is 0.119 e. The van der Waals surface area contributed by atoms with Crippen LogP contribution < -0.4 is 10.1 Å². The Morgan fingerprint density at radius 2 is 1.65 bits per heavy atom. The second kappa shape index (κ2) is 8.98. The number of nitrogens with zero attached hydrogens (tertiary/aromatic N) is 1. The zero-order valence-electron chi connectivity index (χ0n) is 13.6. The Morgan fingerprint density at radius 1 is 1.05 bits per heavy atom. The van der Waals surface area contributed by atoms with Crippen LogP contribution in [0.3, 0.4) is 0 Å². The number of nitrogens with one attached hydrogen (secondary N) is 1. The van der Waals surface area contributed by atoms with Crippen LogP contribution >= 0.6 is 0 Å². The molecule has 0 amide bonds. The van der Waals surface area contributed by atoms with Gasteiger partial charge < -0.3 is 15.0 Å². The molecule has 114 valence electrons. The van der Waals surface area contributed by atoms with E-state index in [0.29, 0.717) is 6.04 Å². The Hall–Kier alpha value is -1.06. The first kappa shape index (κ1) is 17.0. The number of rotatable bonds is 9. The van der Waals surface area contributed by atoms with Crippen molar-refractivity contribution in [3.63, 3.8) is 0 Å². The summed E-state index contributed by atoms with van der Waals surface area (Å²) in [4.78, 5) is 2.44. The smallest absolute Gasteiger partial charge is 0.119 e. The van der Waals surface area contributed by atoms with Gasteiger partial charge in [0.05, 0.1) is 6.10 Å². The monoisotopic (exact) mass is 278 g/mol. The molecule has 0 aromatic heterocycles. The summed E-state index contributed by atoms with van der Waals surface area (Å²) >= 11 is 0. The fraction of sp³-hybridized carbons (Fsp3) is 0.647. The number of hydrogen-bond acceptors (Lipinski definition) is 3. The van der Waals surface area contributed by atoms with E-state index in [4.69, 9.17) is 4.74 Å². The van der Waals surface area contributed by atoms with E-state index >= 15 is 0 Å². The van der Waals surface area contributed by atoms with Crippen molar-refractivity contribution in [2.24, 2.45) is 0 Å². The Labute approximate surface area is 124 Å². The van der Waals surface area contributed by atoms with E-state index in [1.165, 1.54) is 5.56 Å². The van der Waals surface area contributed by atoms with Gasteiger partial charge in [0, 0.05) is 19.1 Å². The lowest BCUT2D eigenvalue weighted by atomic mass is 10.2. The zero-order chi connectivity index (χ0) is 15.0. The first-order chi connectivity index (χ1) is 9.55. The molecule has 0 aliphatic heterocycles. The highest BCUT2D eigenvalue weighted by Gasteiger charge is 2.06. The van der Waals surface area contributed by atoms with Crippen molar-refractivity contribution in [2.75, 3.05) is 19.6 Å². The molecule has 0 spiro atoms. The molecule has 0 bridgehead atoms. The molecule has 0 fully saturated rings. The molecular formula is C17H30N2O. The lowest BCUT2D eigenvalue weighted by Crippen LogP contribution is -2.38. The number of ether oxygens (including phenoxy) is 1. The first-order valence-corrected chi connectivity index (χ1v) is 7.76. The van der Waals surface area contributed by atoms with Gasteiger partial charge in [0.1, 0.15) is 5.75 Å². The summed E-state index contributed by atoms with van der Waals surface area (Å²) in [6.45, 7) is 15.0. The Bertz CT molecular complexity index is 358. The van der Waals surface area contributed by atoms with Crippen molar-refractivity contribution in [2.45, 2.75) is 53.3 Å². The lowest BCUT2D eigenvalue weighted by molar-refractivity contribution is 0.242. The highest BCUT2D eigenvalue weighted by Crippen LogP contribution is 2.13. The van der Waals surface area contributed by atoms with E-state index in [2.05, 4.69) is 43.1 Å². The third-order valence-corrected chi connectivity index (χ3v) is 3.38. The molecule has 1 atom stereocenters. The van der Waals surface area contributed by atoms with Crippen molar-refractivity contribution in [3.8, 4) is 5.75 Å². The fourth-order valence-electron chi connectivity index (χ4n) is 2.18. The molecule has 0 aliphatic carbocycles. The van der Waals surface area contributed by atoms with Gasteiger partial charge in [-0.15, -0.1) is 0 Å². The maximum absolute atomic E-state index is 5.65. The van der Waals surface area contributed by atoms with E-state index < -0.39 is 0 Å². The molecular weight excluding hydrogens is 248 g/mol. The first-order valence-electron chi connectivity index (χ1n) is 7.76. The Balaban J connectivity index is 2.37. The van der Waals surface area contributed by atoms with E-state index in [1.807, 2.05) is 26.0 Å². The van der Waals surface area contributed by atoms with Crippen LogP contribution in [0.2, 0.25) is 0 Å². The molecule has 0 radical (unpaired) electrons. The van der Waals surface area contributed by atoms with E-state index in [9.17, 15) is 0 Å². The minimum atomic E-state index is 0.230. The van der Waals surface area contributed by atoms with E-state index in [-0.39, 0.29) is 6.10 Å². The molecule has 3 nitrogen and oxygen atoms in total. The average molecular weight is 278 g/mol. The Morgan fingerprint density at radius 3 is 2.15 bits per heavy atom. The van der Waals surface area contributed by atoms with Crippen molar-refractivity contribution >= 4 is 0 Å². The van der Waals surface area contributed by atoms with Crippen molar-refractivity contribution < 1.29 is 4.74 Å². The predicted molar refractivity (Wildman–Crippen MR) is 86.3 cm³/mol. The van der Waals surface area contributed by atoms with Crippen LogP contribution in [0.5, 0.6) is 5.75 Å². The van der Waals surface area contributed by atoms with Gasteiger partial charge in [0.25, 0.3) is 0 Å². The maximum atomic E-state index is 5.65. The topological polar surface area (TPSA) is 24.5 Å². The normalized spacial score (nSPS) is 12.9. The molecule has 1 unspecified atom stereocenters. The van der Waals surface area contributed by atoms with Crippen LogP contribution in [0.15, 0.2) is 24.3 Å². The molecule has 1 rings (SSSR count). The van der Waals surface area contributed by atoms with Crippen LogP contribution in [0.4, 0.5) is 0 Å². The van der Waals surface area contributed by atoms with Gasteiger partial charge in [0.15, 0.2) is 0 Å². The minimum Gasteiger partial charge on any atom is -0.491 e.